The van der Waals surface area contributed by atoms with Crippen molar-refractivity contribution in [3.63, 3.8) is 0 Å². The Kier molecular flexibility index (Phi) is 2.29. The van der Waals surface area contributed by atoms with Crippen LogP contribution < -0.4 is 5.57 Å². The first-order valence-corrected chi connectivity index (χ1v) is 8.33. The zero-order chi connectivity index (χ0) is 10.6. The summed E-state index contributed by atoms with van der Waals surface area (Å²) >= 11 is 2.20. The van der Waals surface area contributed by atoms with Gasteiger partial charge in [0.15, 0.2) is 12.7 Å². The van der Waals surface area contributed by atoms with Crippen molar-refractivity contribution >= 4 is 35.3 Å². The third kappa shape index (κ3) is 1.60. The van der Waals surface area contributed by atoms with Crippen molar-refractivity contribution in [1.29, 1.82) is 0 Å². The molecule has 1 aromatic heterocycles. The number of aromatic nitrogens is 2. The Morgan fingerprint density at radius 3 is 2.27 bits per heavy atom. The molecule has 5 heteroatoms. The van der Waals surface area contributed by atoms with Gasteiger partial charge in [0.05, 0.1) is 0 Å². The first-order valence-electron chi connectivity index (χ1n) is 5.41. The van der Waals surface area contributed by atoms with Gasteiger partial charge in [0, 0.05) is 24.6 Å². The molecular formula is C10H14IN2OP. The topological polar surface area (TPSA) is 34.9 Å². The van der Waals surface area contributed by atoms with Crippen molar-refractivity contribution in [2.24, 2.45) is 7.05 Å². The predicted octanol–water partition coefficient (Wildman–Crippen LogP) is 2.34. The molecule has 3 nitrogen and oxygen atoms in total. The second-order valence-corrected chi connectivity index (χ2v) is 9.03. The molecule has 1 aromatic rings. The fourth-order valence-corrected chi connectivity index (χ4v) is 7.02. The Morgan fingerprint density at radius 1 is 1.40 bits per heavy atom. The van der Waals surface area contributed by atoms with Crippen molar-refractivity contribution in [3.8, 4) is 0 Å². The predicted molar refractivity (Wildman–Crippen MR) is 69.2 cm³/mol. The van der Waals surface area contributed by atoms with E-state index in [0.29, 0.717) is 11.3 Å². The van der Waals surface area contributed by atoms with Gasteiger partial charge < -0.3 is 9.13 Å². The molecule has 2 aliphatic rings. The lowest BCUT2D eigenvalue weighted by atomic mass is 10.9. The average Bonchev–Trinajstić information content (AvgIpc) is 3.01. The van der Waals surface area contributed by atoms with Crippen molar-refractivity contribution < 1.29 is 4.57 Å². The van der Waals surface area contributed by atoms with Crippen LogP contribution in [0.3, 0.4) is 0 Å². The lowest BCUT2D eigenvalue weighted by Crippen LogP contribution is -2.21. The molecule has 1 heterocycles. The minimum atomic E-state index is -2.16. The second-order valence-electron chi connectivity index (χ2n) is 4.65. The average molecular weight is 336 g/mol. The van der Waals surface area contributed by atoms with Crippen molar-refractivity contribution in [3.05, 3.63) is 9.90 Å². The van der Waals surface area contributed by atoms with Gasteiger partial charge in [-0.3, -0.25) is 0 Å². The van der Waals surface area contributed by atoms with Crippen molar-refractivity contribution in [2.45, 2.75) is 37.0 Å². The summed E-state index contributed by atoms with van der Waals surface area (Å²) < 4.78 is 16.0. The molecule has 82 valence electrons. The quantitative estimate of drug-likeness (QED) is 0.627. The molecule has 0 aromatic carbocycles. The number of rotatable bonds is 3. The van der Waals surface area contributed by atoms with Crippen molar-refractivity contribution in [2.75, 3.05) is 0 Å². The van der Waals surface area contributed by atoms with Gasteiger partial charge in [0.1, 0.15) is 3.70 Å². The summed E-state index contributed by atoms with van der Waals surface area (Å²) in [6.45, 7) is 0. The molecule has 0 unspecified atom stereocenters. The van der Waals surface area contributed by atoms with E-state index in [-0.39, 0.29) is 0 Å². The zero-order valence-corrected chi connectivity index (χ0v) is 11.7. The highest BCUT2D eigenvalue weighted by atomic mass is 127. The minimum Gasteiger partial charge on any atom is -0.331 e. The number of nitrogens with zero attached hydrogens (tertiary/aromatic N) is 2. The van der Waals surface area contributed by atoms with E-state index < -0.39 is 7.14 Å². The first-order chi connectivity index (χ1) is 7.12. The molecule has 2 aliphatic carbocycles. The molecule has 2 saturated carbocycles. The van der Waals surface area contributed by atoms with Crippen LogP contribution in [0.5, 0.6) is 0 Å². The van der Waals surface area contributed by atoms with Crippen LogP contribution in [0.1, 0.15) is 25.7 Å². The van der Waals surface area contributed by atoms with Gasteiger partial charge in [-0.05, 0) is 48.3 Å². The Labute approximate surface area is 103 Å². The van der Waals surface area contributed by atoms with Gasteiger partial charge in [-0.2, -0.15) is 0 Å². The van der Waals surface area contributed by atoms with Gasteiger partial charge in [0.2, 0.25) is 0 Å². The van der Waals surface area contributed by atoms with E-state index in [1.807, 2.05) is 17.8 Å². The van der Waals surface area contributed by atoms with Gasteiger partial charge in [-0.25, -0.2) is 4.98 Å². The summed E-state index contributed by atoms with van der Waals surface area (Å²) in [5.74, 6) is 0. The maximum Gasteiger partial charge on any atom is 0.170 e. The Hall–Kier alpha value is 0.170. The van der Waals surface area contributed by atoms with E-state index in [2.05, 4.69) is 27.6 Å². The maximum absolute atomic E-state index is 13.1. The largest absolute Gasteiger partial charge is 0.331 e. The van der Waals surface area contributed by atoms with Crippen LogP contribution in [0.15, 0.2) is 6.20 Å². The van der Waals surface area contributed by atoms with E-state index in [0.717, 1.165) is 34.9 Å². The third-order valence-corrected chi connectivity index (χ3v) is 8.08. The van der Waals surface area contributed by atoms with Crippen LogP contribution >= 0.6 is 29.7 Å². The molecule has 0 radical (unpaired) electrons. The summed E-state index contributed by atoms with van der Waals surface area (Å²) in [6.07, 6.45) is 6.58. The summed E-state index contributed by atoms with van der Waals surface area (Å²) in [6, 6.07) is 0. The van der Waals surface area contributed by atoms with Crippen LogP contribution in [0.25, 0.3) is 0 Å². The molecule has 0 spiro atoms. The van der Waals surface area contributed by atoms with Crippen molar-refractivity contribution in [1.82, 2.24) is 9.55 Å². The second kappa shape index (κ2) is 3.33. The molecule has 3 rings (SSSR count). The summed E-state index contributed by atoms with van der Waals surface area (Å²) in [5, 5.41) is 0. The van der Waals surface area contributed by atoms with Crippen LogP contribution in [0.2, 0.25) is 0 Å². The molecule has 2 fully saturated rings. The number of halogens is 1. The first kappa shape index (κ1) is 10.3. The highest BCUT2D eigenvalue weighted by Crippen LogP contribution is 2.69. The standard InChI is InChI=1S/C10H14IN2OP/c1-13-6-9(11)12-10(13)15(14,7-2-3-7)8-4-5-8/h6-8H,2-5H2,1H3. The smallest absolute Gasteiger partial charge is 0.170 e. The monoisotopic (exact) mass is 336 g/mol. The minimum absolute atomic E-state index is 0.460. The Morgan fingerprint density at radius 2 is 1.93 bits per heavy atom. The summed E-state index contributed by atoms with van der Waals surface area (Å²) in [7, 11) is -0.189. The molecule has 0 atom stereocenters. The highest BCUT2D eigenvalue weighted by Gasteiger charge is 2.53. The van der Waals surface area contributed by atoms with Gasteiger partial charge in [-0.15, -0.1) is 0 Å². The van der Waals surface area contributed by atoms with Gasteiger partial charge in [0.25, 0.3) is 0 Å². The lowest BCUT2D eigenvalue weighted by Gasteiger charge is -2.16. The Bertz CT molecular complexity index is 432. The van der Waals surface area contributed by atoms with E-state index in [1.54, 1.807) is 0 Å². The number of hydrogen-bond donors (Lipinski definition) is 0. The number of hydrogen-bond acceptors (Lipinski definition) is 2. The summed E-state index contributed by atoms with van der Waals surface area (Å²) in [4.78, 5) is 4.49. The molecule has 0 saturated heterocycles. The normalized spacial score (nSPS) is 22.0. The van der Waals surface area contributed by atoms with Crippen LogP contribution in [-0.4, -0.2) is 20.9 Å². The fourth-order valence-electron chi connectivity index (χ4n) is 2.29. The molecule has 0 amide bonds. The molecule has 0 N–H and O–H groups in total. The van der Waals surface area contributed by atoms with E-state index in [4.69, 9.17) is 0 Å². The highest BCUT2D eigenvalue weighted by molar-refractivity contribution is 14.1. The summed E-state index contributed by atoms with van der Waals surface area (Å²) in [5.41, 5.74) is 1.81. The van der Waals surface area contributed by atoms with Crippen LogP contribution in [0.4, 0.5) is 0 Å². The van der Waals surface area contributed by atoms with E-state index >= 15 is 0 Å². The lowest BCUT2D eigenvalue weighted by molar-refractivity contribution is 0.577. The third-order valence-electron chi connectivity index (χ3n) is 3.31. The van der Waals surface area contributed by atoms with Gasteiger partial charge >= 0.3 is 0 Å². The molecule has 0 aliphatic heterocycles. The maximum atomic E-state index is 13.1. The van der Waals surface area contributed by atoms with Crippen LogP contribution in [0, 0.1) is 3.70 Å². The molecule has 0 bridgehead atoms. The fraction of sp³-hybridized carbons (Fsp3) is 0.700. The molecular weight excluding hydrogens is 322 g/mol. The molecule has 15 heavy (non-hydrogen) atoms. The van der Waals surface area contributed by atoms with E-state index in [1.165, 1.54) is 0 Å². The zero-order valence-electron chi connectivity index (χ0n) is 8.69. The SMILES string of the molecule is Cn1cc(I)nc1P(=O)(C1CC1)C1CC1. The van der Waals surface area contributed by atoms with Crippen LogP contribution in [-0.2, 0) is 11.6 Å². The van der Waals surface area contributed by atoms with Gasteiger partial charge in [-0.1, -0.05) is 0 Å². The Balaban J connectivity index is 2.08. The van der Waals surface area contributed by atoms with E-state index in [9.17, 15) is 4.57 Å². The number of imidazole rings is 1. The number of aryl methyl sites for hydroxylation is 1.